The SMILES string of the molecule is COC(=O)c1sc(NC(=S)Nc2cccc(Cn3cccn3)c2)c(C(=O)OC)c1C. The van der Waals surface area contributed by atoms with Gasteiger partial charge in [-0.3, -0.25) is 4.68 Å². The number of nitrogens with zero attached hydrogens (tertiary/aromatic N) is 2. The second-order valence-electron chi connectivity index (χ2n) is 6.23. The van der Waals surface area contributed by atoms with Crippen molar-refractivity contribution in [3.63, 3.8) is 0 Å². The minimum absolute atomic E-state index is 0.250. The van der Waals surface area contributed by atoms with Gasteiger partial charge in [0.1, 0.15) is 9.88 Å². The topological polar surface area (TPSA) is 94.5 Å². The molecule has 0 aliphatic rings. The van der Waals surface area contributed by atoms with Crippen LogP contribution in [0, 0.1) is 6.92 Å². The summed E-state index contributed by atoms with van der Waals surface area (Å²) in [5, 5.41) is 11.0. The van der Waals surface area contributed by atoms with E-state index in [1.54, 1.807) is 13.1 Å². The fourth-order valence-corrected chi connectivity index (χ4v) is 4.23. The number of carbonyl (C=O) groups excluding carboxylic acids is 2. The molecule has 156 valence electrons. The van der Waals surface area contributed by atoms with E-state index in [1.165, 1.54) is 14.2 Å². The van der Waals surface area contributed by atoms with Gasteiger partial charge in [0.2, 0.25) is 0 Å². The lowest BCUT2D eigenvalue weighted by Crippen LogP contribution is -2.20. The maximum atomic E-state index is 12.2. The van der Waals surface area contributed by atoms with Gasteiger partial charge in [0, 0.05) is 18.1 Å². The van der Waals surface area contributed by atoms with Crippen molar-refractivity contribution in [1.82, 2.24) is 9.78 Å². The molecule has 0 saturated heterocycles. The molecule has 0 unspecified atom stereocenters. The van der Waals surface area contributed by atoms with E-state index in [0.29, 0.717) is 22.0 Å². The van der Waals surface area contributed by atoms with Gasteiger partial charge in [0.15, 0.2) is 5.11 Å². The number of thiocarbonyl (C=S) groups is 1. The normalized spacial score (nSPS) is 10.4. The monoisotopic (exact) mass is 444 g/mol. The summed E-state index contributed by atoms with van der Waals surface area (Å²) in [5.41, 5.74) is 2.55. The lowest BCUT2D eigenvalue weighted by molar-refractivity contribution is 0.0601. The molecule has 0 atom stereocenters. The van der Waals surface area contributed by atoms with Gasteiger partial charge < -0.3 is 20.1 Å². The third-order valence-electron chi connectivity index (χ3n) is 4.22. The number of rotatable bonds is 6. The Balaban J connectivity index is 1.77. The van der Waals surface area contributed by atoms with Crippen molar-refractivity contribution in [3.05, 3.63) is 64.3 Å². The molecule has 0 saturated carbocycles. The molecule has 8 nitrogen and oxygen atoms in total. The van der Waals surface area contributed by atoms with Crippen molar-refractivity contribution in [2.45, 2.75) is 13.5 Å². The molecule has 2 aromatic heterocycles. The number of benzene rings is 1. The first-order valence-electron chi connectivity index (χ1n) is 8.87. The van der Waals surface area contributed by atoms with E-state index >= 15 is 0 Å². The Hall–Kier alpha value is -3.24. The summed E-state index contributed by atoms with van der Waals surface area (Å²) in [5.74, 6) is -1.09. The van der Waals surface area contributed by atoms with Crippen molar-refractivity contribution in [2.24, 2.45) is 0 Å². The number of thiophene rings is 1. The number of hydrogen-bond donors (Lipinski definition) is 2. The van der Waals surface area contributed by atoms with Gasteiger partial charge in [-0.1, -0.05) is 12.1 Å². The zero-order valence-corrected chi connectivity index (χ0v) is 18.2. The predicted molar refractivity (Wildman–Crippen MR) is 119 cm³/mol. The van der Waals surface area contributed by atoms with Crippen LogP contribution in [-0.2, 0) is 16.0 Å². The van der Waals surface area contributed by atoms with Crippen molar-refractivity contribution in [3.8, 4) is 0 Å². The predicted octanol–water partition coefficient (Wildman–Crippen LogP) is 3.68. The molecule has 3 rings (SSSR count). The Morgan fingerprint density at radius 2 is 1.93 bits per heavy atom. The molecule has 2 heterocycles. The van der Waals surface area contributed by atoms with Gasteiger partial charge in [-0.25, -0.2) is 9.59 Å². The summed E-state index contributed by atoms with van der Waals surface area (Å²) in [6, 6.07) is 9.60. The van der Waals surface area contributed by atoms with Gasteiger partial charge in [-0.15, -0.1) is 11.3 Å². The number of hydrogen-bond acceptors (Lipinski definition) is 7. The average molecular weight is 445 g/mol. The van der Waals surface area contributed by atoms with Crippen LogP contribution >= 0.6 is 23.6 Å². The standard InChI is InChI=1S/C20H20N4O4S2/c1-12-15(18(25)27-2)17(30-16(12)19(26)28-3)23-20(29)22-14-7-4-6-13(10-14)11-24-9-5-8-21-24/h4-10H,11H2,1-3H3,(H2,22,23,29). The average Bonchev–Trinajstić information content (AvgIpc) is 3.34. The first-order chi connectivity index (χ1) is 14.4. The van der Waals surface area contributed by atoms with E-state index in [1.807, 2.05) is 41.2 Å². The van der Waals surface area contributed by atoms with E-state index in [0.717, 1.165) is 22.6 Å². The summed E-state index contributed by atoms with van der Waals surface area (Å²) in [4.78, 5) is 24.6. The molecule has 0 spiro atoms. The minimum atomic E-state index is -0.564. The highest BCUT2D eigenvalue weighted by atomic mass is 32.1. The van der Waals surface area contributed by atoms with Crippen LogP contribution < -0.4 is 10.6 Å². The molecule has 0 amide bonds. The van der Waals surface area contributed by atoms with Crippen LogP contribution in [0.2, 0.25) is 0 Å². The van der Waals surface area contributed by atoms with Crippen LogP contribution in [0.5, 0.6) is 0 Å². The summed E-state index contributed by atoms with van der Waals surface area (Å²) in [6.45, 7) is 2.29. The van der Waals surface area contributed by atoms with Gasteiger partial charge in [0.05, 0.1) is 26.3 Å². The third kappa shape index (κ3) is 4.84. The Labute approximate surface area is 182 Å². The minimum Gasteiger partial charge on any atom is -0.465 e. The highest BCUT2D eigenvalue weighted by Crippen LogP contribution is 2.34. The van der Waals surface area contributed by atoms with E-state index in [2.05, 4.69) is 15.7 Å². The molecule has 1 aromatic carbocycles. The van der Waals surface area contributed by atoms with E-state index in [9.17, 15) is 9.59 Å². The Kier molecular flexibility index (Phi) is 6.80. The number of methoxy groups -OCH3 is 2. The van der Waals surface area contributed by atoms with Crippen LogP contribution in [0.4, 0.5) is 10.7 Å². The van der Waals surface area contributed by atoms with Crippen molar-refractivity contribution < 1.29 is 19.1 Å². The zero-order valence-electron chi connectivity index (χ0n) is 16.6. The van der Waals surface area contributed by atoms with Gasteiger partial charge in [-0.05, 0) is 48.5 Å². The third-order valence-corrected chi connectivity index (χ3v) is 5.61. The zero-order chi connectivity index (χ0) is 21.7. The second kappa shape index (κ2) is 9.51. The van der Waals surface area contributed by atoms with Crippen molar-refractivity contribution >= 4 is 51.3 Å². The molecule has 3 aromatic rings. The molecule has 0 bridgehead atoms. The highest BCUT2D eigenvalue weighted by molar-refractivity contribution is 7.80. The first-order valence-corrected chi connectivity index (χ1v) is 10.1. The van der Waals surface area contributed by atoms with Gasteiger partial charge in [-0.2, -0.15) is 5.10 Å². The molecule has 0 aliphatic carbocycles. The lowest BCUT2D eigenvalue weighted by atomic mass is 10.1. The maximum Gasteiger partial charge on any atom is 0.348 e. The van der Waals surface area contributed by atoms with Crippen LogP contribution in [0.1, 0.15) is 31.2 Å². The molecular weight excluding hydrogens is 424 g/mol. The summed E-state index contributed by atoms with van der Waals surface area (Å²) in [6.07, 6.45) is 3.62. The van der Waals surface area contributed by atoms with E-state index in [4.69, 9.17) is 21.7 Å². The smallest absolute Gasteiger partial charge is 0.348 e. The number of esters is 2. The second-order valence-corrected chi connectivity index (χ2v) is 7.66. The summed E-state index contributed by atoms with van der Waals surface area (Å²) < 4.78 is 11.5. The highest BCUT2D eigenvalue weighted by Gasteiger charge is 2.26. The lowest BCUT2D eigenvalue weighted by Gasteiger charge is -2.12. The molecule has 10 heteroatoms. The van der Waals surface area contributed by atoms with Crippen LogP contribution in [0.15, 0.2) is 42.7 Å². The van der Waals surface area contributed by atoms with Crippen LogP contribution in [-0.4, -0.2) is 41.1 Å². The summed E-state index contributed by atoms with van der Waals surface area (Å²) >= 11 is 6.49. The Morgan fingerprint density at radius 3 is 2.60 bits per heavy atom. The van der Waals surface area contributed by atoms with Crippen LogP contribution in [0.25, 0.3) is 0 Å². The Morgan fingerprint density at radius 1 is 1.17 bits per heavy atom. The Bertz CT molecular complexity index is 1080. The fourth-order valence-electron chi connectivity index (χ4n) is 2.83. The number of aromatic nitrogens is 2. The first kappa shape index (κ1) is 21.5. The van der Waals surface area contributed by atoms with E-state index < -0.39 is 11.9 Å². The molecular formula is C20H20N4O4S2. The number of nitrogens with one attached hydrogen (secondary N) is 2. The quantitative estimate of drug-likeness (QED) is 0.439. The number of ether oxygens (including phenoxy) is 2. The van der Waals surface area contributed by atoms with Crippen molar-refractivity contribution in [1.29, 1.82) is 0 Å². The van der Waals surface area contributed by atoms with Crippen LogP contribution in [0.3, 0.4) is 0 Å². The number of carbonyl (C=O) groups is 2. The number of anilines is 2. The van der Waals surface area contributed by atoms with E-state index in [-0.39, 0.29) is 10.7 Å². The summed E-state index contributed by atoms with van der Waals surface area (Å²) in [7, 11) is 2.57. The molecule has 30 heavy (non-hydrogen) atoms. The van der Waals surface area contributed by atoms with Crippen molar-refractivity contribution in [2.75, 3.05) is 24.9 Å². The fraction of sp³-hybridized carbons (Fsp3) is 0.200. The maximum absolute atomic E-state index is 12.2. The largest absolute Gasteiger partial charge is 0.465 e. The molecule has 0 radical (unpaired) electrons. The van der Waals surface area contributed by atoms with Gasteiger partial charge in [0.25, 0.3) is 0 Å². The molecule has 0 fully saturated rings. The van der Waals surface area contributed by atoms with Gasteiger partial charge >= 0.3 is 11.9 Å². The molecule has 0 aliphatic heterocycles. The molecule has 2 N–H and O–H groups in total.